The molecule has 0 unspecified atom stereocenters. The summed E-state index contributed by atoms with van der Waals surface area (Å²) in [6.45, 7) is 1.48. The molecule has 1 amide bonds. The van der Waals surface area contributed by atoms with E-state index >= 15 is 0 Å². The number of rotatable bonds is 7. The highest BCUT2D eigenvalue weighted by molar-refractivity contribution is 7.99. The number of carbonyl (C=O) groups is 2. The van der Waals surface area contributed by atoms with Gasteiger partial charge in [0, 0.05) is 23.6 Å². The van der Waals surface area contributed by atoms with Crippen LogP contribution < -0.4 is 15.6 Å². The van der Waals surface area contributed by atoms with Gasteiger partial charge in [0.2, 0.25) is 11.6 Å². The second-order valence-electron chi connectivity index (χ2n) is 6.79. The topological polar surface area (TPSA) is 108 Å². The summed E-state index contributed by atoms with van der Waals surface area (Å²) in [5.41, 5.74) is 1.54. The maximum Gasteiger partial charge on any atom is 0.300 e. The summed E-state index contributed by atoms with van der Waals surface area (Å²) in [6.07, 6.45) is 3.28. The zero-order valence-electron chi connectivity index (χ0n) is 17.3. The van der Waals surface area contributed by atoms with E-state index in [4.69, 9.17) is 4.74 Å². The Hall–Kier alpha value is -3.92. The number of ether oxygens (including phenoxy) is 1. The first-order valence-corrected chi connectivity index (χ1v) is 10.6. The van der Waals surface area contributed by atoms with Crippen molar-refractivity contribution in [3.05, 3.63) is 76.8 Å². The summed E-state index contributed by atoms with van der Waals surface area (Å²) >= 11 is 1.16. The van der Waals surface area contributed by atoms with Crippen molar-refractivity contribution in [2.75, 3.05) is 18.2 Å². The molecule has 9 nitrogen and oxygen atoms in total. The molecular weight excluding hydrogens is 430 g/mol. The molecule has 0 saturated carbocycles. The number of para-hydroxylation sites is 2. The normalized spacial score (nSPS) is 10.8. The number of anilines is 1. The van der Waals surface area contributed by atoms with Crippen molar-refractivity contribution in [2.24, 2.45) is 0 Å². The van der Waals surface area contributed by atoms with Crippen LogP contribution >= 0.6 is 11.8 Å². The van der Waals surface area contributed by atoms with Gasteiger partial charge in [-0.25, -0.2) is 0 Å². The number of methoxy groups -OCH3 is 1. The van der Waals surface area contributed by atoms with Crippen molar-refractivity contribution in [3.8, 4) is 11.4 Å². The van der Waals surface area contributed by atoms with Gasteiger partial charge >= 0.3 is 5.56 Å². The highest BCUT2D eigenvalue weighted by Crippen LogP contribution is 2.22. The molecule has 0 radical (unpaired) electrons. The van der Waals surface area contributed by atoms with Gasteiger partial charge in [0.05, 0.1) is 18.6 Å². The molecule has 0 bridgehead atoms. The van der Waals surface area contributed by atoms with Gasteiger partial charge in [-0.15, -0.1) is 10.2 Å². The third-order valence-corrected chi connectivity index (χ3v) is 5.63. The van der Waals surface area contributed by atoms with Crippen LogP contribution in [0.25, 0.3) is 11.3 Å². The Labute approximate surface area is 187 Å². The van der Waals surface area contributed by atoms with Crippen LogP contribution in [0.2, 0.25) is 0 Å². The first kappa shape index (κ1) is 21.3. The Morgan fingerprint density at radius 1 is 1.06 bits per heavy atom. The largest absolute Gasteiger partial charge is 0.495 e. The molecular formula is C22H19N5O4S. The van der Waals surface area contributed by atoms with E-state index in [2.05, 4.69) is 15.5 Å². The fourth-order valence-corrected chi connectivity index (χ4v) is 3.82. The molecule has 32 heavy (non-hydrogen) atoms. The predicted molar refractivity (Wildman–Crippen MR) is 121 cm³/mol. The molecule has 0 aliphatic carbocycles. The molecule has 2 aromatic carbocycles. The minimum Gasteiger partial charge on any atom is -0.495 e. The van der Waals surface area contributed by atoms with Crippen LogP contribution in [0.3, 0.4) is 0 Å². The van der Waals surface area contributed by atoms with Gasteiger partial charge in [-0.1, -0.05) is 23.9 Å². The van der Waals surface area contributed by atoms with Gasteiger partial charge in [-0.3, -0.25) is 23.4 Å². The molecule has 0 spiro atoms. The summed E-state index contributed by atoms with van der Waals surface area (Å²) in [6, 6.07) is 13.8. The average molecular weight is 449 g/mol. The number of fused-ring (bicyclic) bond motifs is 1. The lowest BCUT2D eigenvalue weighted by molar-refractivity contribution is -0.113. The summed E-state index contributed by atoms with van der Waals surface area (Å²) in [5.74, 6) is 0.345. The van der Waals surface area contributed by atoms with Crippen molar-refractivity contribution in [2.45, 2.75) is 12.1 Å². The number of ketones is 1. The number of nitrogens with one attached hydrogen (secondary N) is 1. The van der Waals surface area contributed by atoms with Crippen LogP contribution in [0.1, 0.15) is 17.3 Å². The summed E-state index contributed by atoms with van der Waals surface area (Å²) in [4.78, 5) is 36.6. The lowest BCUT2D eigenvalue weighted by atomic mass is 10.1. The van der Waals surface area contributed by atoms with Gasteiger partial charge in [0.15, 0.2) is 10.9 Å². The Morgan fingerprint density at radius 2 is 1.81 bits per heavy atom. The first-order chi connectivity index (χ1) is 15.5. The van der Waals surface area contributed by atoms with E-state index in [9.17, 15) is 14.4 Å². The third-order valence-electron chi connectivity index (χ3n) is 4.69. The van der Waals surface area contributed by atoms with E-state index in [-0.39, 0.29) is 28.6 Å². The monoisotopic (exact) mass is 449 g/mol. The molecule has 162 valence electrons. The number of aromatic nitrogens is 4. The molecule has 0 saturated heterocycles. The number of thioether (sulfide) groups is 1. The fraction of sp³-hybridized carbons (Fsp3) is 0.136. The summed E-state index contributed by atoms with van der Waals surface area (Å²) < 4.78 is 8.32. The number of benzene rings is 2. The zero-order chi connectivity index (χ0) is 22.7. The molecule has 1 N–H and O–H groups in total. The van der Waals surface area contributed by atoms with E-state index < -0.39 is 0 Å². The molecule has 2 heterocycles. The van der Waals surface area contributed by atoms with Crippen molar-refractivity contribution in [3.63, 3.8) is 0 Å². The number of hydrogen-bond donors (Lipinski definition) is 1. The number of carbonyl (C=O) groups excluding carboxylic acids is 2. The maximum atomic E-state index is 12.9. The fourth-order valence-electron chi connectivity index (χ4n) is 3.10. The maximum absolute atomic E-state index is 12.9. The average Bonchev–Trinajstić information content (AvgIpc) is 3.22. The molecule has 10 heteroatoms. The quantitative estimate of drug-likeness (QED) is 0.341. The minimum atomic E-state index is -0.355. The molecule has 0 aliphatic rings. The third kappa shape index (κ3) is 4.26. The zero-order valence-corrected chi connectivity index (χ0v) is 18.1. The molecule has 2 aromatic heterocycles. The lowest BCUT2D eigenvalue weighted by Gasteiger charge is -2.10. The highest BCUT2D eigenvalue weighted by atomic mass is 32.2. The Morgan fingerprint density at radius 3 is 2.53 bits per heavy atom. The van der Waals surface area contributed by atoms with Gasteiger partial charge in [0.25, 0.3) is 0 Å². The van der Waals surface area contributed by atoms with Crippen LogP contribution in [0.4, 0.5) is 5.69 Å². The van der Waals surface area contributed by atoms with E-state index in [1.807, 2.05) is 12.1 Å². The Kier molecular flexibility index (Phi) is 6.04. The smallest absolute Gasteiger partial charge is 0.300 e. The number of nitrogens with zero attached hydrogens (tertiary/aromatic N) is 4. The van der Waals surface area contributed by atoms with Crippen molar-refractivity contribution < 1.29 is 14.3 Å². The SMILES string of the molecule is COc1ccccc1-n1ccn2c(SCC(=O)Nc3ccc(C(C)=O)cc3)nnc2c1=O. The van der Waals surface area contributed by atoms with E-state index in [0.717, 1.165) is 11.8 Å². The van der Waals surface area contributed by atoms with Gasteiger partial charge < -0.3 is 10.1 Å². The van der Waals surface area contributed by atoms with E-state index in [1.54, 1.807) is 53.2 Å². The molecule has 4 rings (SSSR count). The predicted octanol–water partition coefficient (Wildman–Crippen LogP) is 2.82. The van der Waals surface area contributed by atoms with Crippen LogP contribution in [0.15, 0.2) is 70.9 Å². The minimum absolute atomic E-state index is 0.0399. The van der Waals surface area contributed by atoms with Crippen molar-refractivity contribution in [1.29, 1.82) is 0 Å². The van der Waals surface area contributed by atoms with Crippen molar-refractivity contribution in [1.82, 2.24) is 19.2 Å². The second kappa shape index (κ2) is 9.06. The van der Waals surface area contributed by atoms with Crippen LogP contribution in [-0.4, -0.2) is 43.7 Å². The van der Waals surface area contributed by atoms with Crippen LogP contribution in [0.5, 0.6) is 5.75 Å². The number of Topliss-reactive ketones (excluding diaryl/α,β-unsaturated/α-hetero) is 1. The van der Waals surface area contributed by atoms with Gasteiger partial charge in [-0.05, 0) is 43.3 Å². The Bertz CT molecular complexity index is 1360. The first-order valence-electron chi connectivity index (χ1n) is 9.61. The van der Waals surface area contributed by atoms with E-state index in [0.29, 0.717) is 27.8 Å². The Balaban J connectivity index is 1.50. The number of hydrogen-bond acceptors (Lipinski definition) is 7. The van der Waals surface area contributed by atoms with Crippen LogP contribution in [-0.2, 0) is 4.79 Å². The van der Waals surface area contributed by atoms with E-state index in [1.165, 1.54) is 18.6 Å². The second-order valence-corrected chi connectivity index (χ2v) is 7.73. The van der Waals surface area contributed by atoms with Crippen molar-refractivity contribution >= 4 is 34.8 Å². The standard InChI is InChI=1S/C22H19N5O4S/c1-14(28)15-7-9-16(10-8-15)23-19(29)13-32-22-25-24-20-21(30)26(11-12-27(20)22)17-5-3-4-6-18(17)31-2/h3-12H,13H2,1-2H3,(H,23,29). The molecule has 0 atom stereocenters. The van der Waals surface area contributed by atoms with Gasteiger partial charge in [0.1, 0.15) is 5.75 Å². The lowest BCUT2D eigenvalue weighted by Crippen LogP contribution is -2.20. The highest BCUT2D eigenvalue weighted by Gasteiger charge is 2.15. The molecule has 0 aliphatic heterocycles. The summed E-state index contributed by atoms with van der Waals surface area (Å²) in [7, 11) is 1.54. The summed E-state index contributed by atoms with van der Waals surface area (Å²) in [5, 5.41) is 11.2. The number of amides is 1. The molecule has 0 fully saturated rings. The van der Waals surface area contributed by atoms with Crippen LogP contribution in [0, 0.1) is 0 Å². The molecule has 4 aromatic rings. The van der Waals surface area contributed by atoms with Gasteiger partial charge in [-0.2, -0.15) is 0 Å².